The zero-order chi connectivity index (χ0) is 11.6. The third kappa shape index (κ3) is 1.48. The van der Waals surface area contributed by atoms with E-state index in [9.17, 15) is 0 Å². The van der Waals surface area contributed by atoms with Gasteiger partial charge in [0.2, 0.25) is 0 Å². The van der Waals surface area contributed by atoms with Crippen molar-refractivity contribution in [1.29, 1.82) is 0 Å². The van der Waals surface area contributed by atoms with Gasteiger partial charge >= 0.3 is 0 Å². The summed E-state index contributed by atoms with van der Waals surface area (Å²) in [4.78, 5) is 0. The average molecular weight is 220 g/mol. The van der Waals surface area contributed by atoms with E-state index in [1.165, 1.54) is 37.7 Å². The highest BCUT2D eigenvalue weighted by atomic mass is 16.6. The van der Waals surface area contributed by atoms with E-state index in [1.807, 2.05) is 0 Å². The number of epoxide rings is 1. The molecule has 0 aromatic heterocycles. The number of hydrogen-bond donors (Lipinski definition) is 0. The normalized spacial score (nSPS) is 50.2. The summed E-state index contributed by atoms with van der Waals surface area (Å²) in [5.74, 6) is 1.68. The molecule has 3 fully saturated rings. The van der Waals surface area contributed by atoms with Gasteiger partial charge in [-0.1, -0.05) is 26.0 Å². The Bertz CT molecular complexity index is 330. The second-order valence-corrected chi connectivity index (χ2v) is 7.06. The number of ether oxygens (including phenoxy) is 1. The summed E-state index contributed by atoms with van der Waals surface area (Å²) < 4.78 is 5.86. The molecule has 3 aliphatic rings. The van der Waals surface area contributed by atoms with Crippen molar-refractivity contribution in [2.24, 2.45) is 17.3 Å². The molecule has 2 saturated carbocycles. The van der Waals surface area contributed by atoms with Crippen molar-refractivity contribution < 1.29 is 4.74 Å². The lowest BCUT2D eigenvalue weighted by Crippen LogP contribution is -2.44. The first kappa shape index (κ1) is 10.8. The van der Waals surface area contributed by atoms with E-state index >= 15 is 0 Å². The molecule has 1 aliphatic heterocycles. The first-order chi connectivity index (χ1) is 7.42. The van der Waals surface area contributed by atoms with E-state index in [0.717, 1.165) is 11.8 Å². The van der Waals surface area contributed by atoms with Crippen LogP contribution >= 0.6 is 0 Å². The van der Waals surface area contributed by atoms with E-state index in [4.69, 9.17) is 4.74 Å². The van der Waals surface area contributed by atoms with Gasteiger partial charge in [-0.2, -0.15) is 0 Å². The maximum Gasteiger partial charge on any atom is 0.0920 e. The third-order valence-electron chi connectivity index (χ3n) is 5.47. The summed E-state index contributed by atoms with van der Waals surface area (Å²) in [6.07, 6.45) is 6.89. The predicted molar refractivity (Wildman–Crippen MR) is 66.3 cm³/mol. The molecule has 1 saturated heterocycles. The number of fused-ring (bicyclic) bond motifs is 2. The van der Waals surface area contributed by atoms with Crippen molar-refractivity contribution in [3.05, 3.63) is 12.2 Å². The van der Waals surface area contributed by atoms with Gasteiger partial charge in [0.1, 0.15) is 0 Å². The topological polar surface area (TPSA) is 12.5 Å². The molecule has 1 heterocycles. The molecule has 0 spiro atoms. The lowest BCUT2D eigenvalue weighted by Gasteiger charge is -2.53. The van der Waals surface area contributed by atoms with Crippen LogP contribution < -0.4 is 0 Å². The monoisotopic (exact) mass is 220 g/mol. The molecule has 1 nitrogen and oxygen atoms in total. The molecular formula is C15H24O. The van der Waals surface area contributed by atoms with Crippen molar-refractivity contribution in [2.75, 3.05) is 0 Å². The van der Waals surface area contributed by atoms with Crippen LogP contribution in [-0.2, 0) is 4.74 Å². The molecule has 3 rings (SSSR count). The van der Waals surface area contributed by atoms with Crippen LogP contribution in [-0.4, -0.2) is 11.7 Å². The highest BCUT2D eigenvalue weighted by Crippen LogP contribution is 2.59. The maximum absolute atomic E-state index is 5.86. The lowest BCUT2D eigenvalue weighted by molar-refractivity contribution is -0.00211. The van der Waals surface area contributed by atoms with Crippen LogP contribution in [0.4, 0.5) is 0 Å². The molecular weight excluding hydrogens is 196 g/mol. The van der Waals surface area contributed by atoms with Crippen LogP contribution in [0.3, 0.4) is 0 Å². The zero-order valence-corrected chi connectivity index (χ0v) is 10.9. The molecule has 4 atom stereocenters. The molecule has 2 aliphatic carbocycles. The Morgan fingerprint density at radius 3 is 2.69 bits per heavy atom. The molecule has 0 aromatic carbocycles. The van der Waals surface area contributed by atoms with Crippen LogP contribution in [0, 0.1) is 17.3 Å². The van der Waals surface area contributed by atoms with Gasteiger partial charge in [0.05, 0.1) is 11.7 Å². The van der Waals surface area contributed by atoms with Crippen LogP contribution in [0.2, 0.25) is 0 Å². The molecule has 0 N–H and O–H groups in total. The largest absolute Gasteiger partial charge is 0.366 e. The van der Waals surface area contributed by atoms with Gasteiger partial charge in [-0.25, -0.2) is 0 Å². The Labute approximate surface area is 99.3 Å². The zero-order valence-electron chi connectivity index (χ0n) is 10.9. The second kappa shape index (κ2) is 3.13. The number of hydrogen-bond acceptors (Lipinski definition) is 1. The highest BCUT2D eigenvalue weighted by molar-refractivity contribution is 5.16. The fourth-order valence-electron chi connectivity index (χ4n) is 4.08. The van der Waals surface area contributed by atoms with Crippen molar-refractivity contribution in [2.45, 2.75) is 64.6 Å². The minimum absolute atomic E-state index is 0.223. The predicted octanol–water partition coefficient (Wildman–Crippen LogP) is 3.94. The smallest absolute Gasteiger partial charge is 0.0920 e. The summed E-state index contributed by atoms with van der Waals surface area (Å²) in [7, 11) is 0. The summed E-state index contributed by atoms with van der Waals surface area (Å²) >= 11 is 0. The van der Waals surface area contributed by atoms with E-state index in [-0.39, 0.29) is 5.60 Å². The summed E-state index contributed by atoms with van der Waals surface area (Å²) in [5.41, 5.74) is 2.27. The van der Waals surface area contributed by atoms with Crippen LogP contribution in [0.25, 0.3) is 0 Å². The molecule has 0 aromatic rings. The fraction of sp³-hybridized carbons (Fsp3) is 0.867. The van der Waals surface area contributed by atoms with Crippen molar-refractivity contribution in [3.63, 3.8) is 0 Å². The standard InChI is InChI=1S/C15H24O/c1-10-5-6-13-15(4,16-13)8-7-12-11(10)9-14(12,2)3/h11-13H,1,5-9H2,2-4H3/t11-,12-,13-,15+/m0/s1. The van der Waals surface area contributed by atoms with E-state index in [1.54, 1.807) is 0 Å². The summed E-state index contributed by atoms with van der Waals surface area (Å²) in [6, 6.07) is 0. The first-order valence-corrected chi connectivity index (χ1v) is 6.78. The Morgan fingerprint density at radius 2 is 2.00 bits per heavy atom. The molecule has 0 radical (unpaired) electrons. The third-order valence-corrected chi connectivity index (χ3v) is 5.47. The van der Waals surface area contributed by atoms with Gasteiger partial charge in [0.25, 0.3) is 0 Å². The van der Waals surface area contributed by atoms with Gasteiger partial charge in [-0.3, -0.25) is 0 Å². The van der Waals surface area contributed by atoms with Crippen LogP contribution in [0.15, 0.2) is 12.2 Å². The van der Waals surface area contributed by atoms with E-state index < -0.39 is 0 Å². The van der Waals surface area contributed by atoms with Gasteiger partial charge in [0.15, 0.2) is 0 Å². The van der Waals surface area contributed by atoms with E-state index in [2.05, 4.69) is 27.4 Å². The number of rotatable bonds is 0. The van der Waals surface area contributed by atoms with Gasteiger partial charge in [-0.15, -0.1) is 0 Å². The van der Waals surface area contributed by atoms with Gasteiger partial charge in [-0.05, 0) is 56.3 Å². The minimum Gasteiger partial charge on any atom is -0.366 e. The first-order valence-electron chi connectivity index (χ1n) is 6.78. The van der Waals surface area contributed by atoms with Gasteiger partial charge in [0, 0.05) is 0 Å². The SMILES string of the molecule is C=C1CC[C@@H]2O[C@]2(C)CC[C@H]2[C@H]1CC2(C)C. The fourth-order valence-corrected chi connectivity index (χ4v) is 4.08. The molecule has 0 amide bonds. The van der Waals surface area contributed by atoms with Crippen molar-refractivity contribution in [3.8, 4) is 0 Å². The second-order valence-electron chi connectivity index (χ2n) is 7.06. The quantitative estimate of drug-likeness (QED) is 0.445. The van der Waals surface area contributed by atoms with Crippen LogP contribution in [0.5, 0.6) is 0 Å². The Balaban J connectivity index is 1.78. The number of allylic oxidation sites excluding steroid dienone is 1. The van der Waals surface area contributed by atoms with Crippen LogP contribution in [0.1, 0.15) is 52.9 Å². The minimum atomic E-state index is 0.223. The molecule has 90 valence electrons. The average Bonchev–Trinajstić information content (AvgIpc) is 2.82. The summed E-state index contributed by atoms with van der Waals surface area (Å²) in [6.45, 7) is 11.5. The van der Waals surface area contributed by atoms with E-state index in [0.29, 0.717) is 11.5 Å². The van der Waals surface area contributed by atoms with Crippen molar-refractivity contribution >= 4 is 0 Å². The maximum atomic E-state index is 5.86. The Kier molecular flexibility index (Phi) is 2.12. The lowest BCUT2D eigenvalue weighted by atomic mass is 9.52. The molecule has 16 heavy (non-hydrogen) atoms. The Hall–Kier alpha value is -0.300. The summed E-state index contributed by atoms with van der Waals surface area (Å²) in [5, 5.41) is 0. The molecule has 0 bridgehead atoms. The highest BCUT2D eigenvalue weighted by Gasteiger charge is 2.55. The molecule has 0 unspecified atom stereocenters. The van der Waals surface area contributed by atoms with Crippen molar-refractivity contribution in [1.82, 2.24) is 0 Å². The Morgan fingerprint density at radius 1 is 1.25 bits per heavy atom. The van der Waals surface area contributed by atoms with Gasteiger partial charge < -0.3 is 4.74 Å². The molecule has 1 heteroatoms.